The Bertz CT molecular complexity index is 667. The van der Waals surface area contributed by atoms with Gasteiger partial charge in [-0.05, 0) is 24.3 Å². The van der Waals surface area contributed by atoms with Crippen LogP contribution in [-0.4, -0.2) is 9.38 Å². The second kappa shape index (κ2) is 3.52. The molecular formula is C13H12N4. The van der Waals surface area contributed by atoms with Crippen LogP contribution in [0.1, 0.15) is 0 Å². The second-order valence-corrected chi connectivity index (χ2v) is 3.94. The van der Waals surface area contributed by atoms with E-state index in [-0.39, 0.29) is 0 Å². The van der Waals surface area contributed by atoms with Gasteiger partial charge in [-0.1, -0.05) is 12.1 Å². The normalized spacial score (nSPS) is 10.8. The van der Waals surface area contributed by atoms with E-state index < -0.39 is 0 Å². The molecule has 0 aliphatic heterocycles. The number of nitrogens with two attached hydrogens (primary N) is 2. The number of pyridine rings is 1. The first-order chi connectivity index (χ1) is 8.24. The van der Waals surface area contributed by atoms with E-state index in [4.69, 9.17) is 11.5 Å². The molecule has 0 bridgehead atoms. The van der Waals surface area contributed by atoms with Crippen LogP contribution < -0.4 is 11.5 Å². The number of nitrogen functional groups attached to an aromatic ring is 2. The summed E-state index contributed by atoms with van der Waals surface area (Å²) in [6.07, 6.45) is 3.89. The molecule has 0 amide bonds. The van der Waals surface area contributed by atoms with Crippen molar-refractivity contribution in [1.82, 2.24) is 9.38 Å². The van der Waals surface area contributed by atoms with Gasteiger partial charge in [-0.15, -0.1) is 0 Å². The number of imidazole rings is 1. The second-order valence-electron chi connectivity index (χ2n) is 3.94. The summed E-state index contributed by atoms with van der Waals surface area (Å²) >= 11 is 0. The van der Waals surface area contributed by atoms with Crippen LogP contribution in [0.5, 0.6) is 0 Å². The largest absolute Gasteiger partial charge is 0.399 e. The minimum absolute atomic E-state index is 0.675. The van der Waals surface area contributed by atoms with Crippen LogP contribution in [0.25, 0.3) is 16.9 Å². The highest BCUT2D eigenvalue weighted by molar-refractivity contribution is 5.71. The third-order valence-electron chi connectivity index (χ3n) is 2.72. The summed E-state index contributed by atoms with van der Waals surface area (Å²) in [4.78, 5) is 4.51. The van der Waals surface area contributed by atoms with E-state index in [1.807, 2.05) is 53.2 Å². The van der Waals surface area contributed by atoms with Gasteiger partial charge in [0.2, 0.25) is 0 Å². The first-order valence-electron chi connectivity index (χ1n) is 5.33. The van der Waals surface area contributed by atoms with Crippen molar-refractivity contribution in [2.24, 2.45) is 0 Å². The molecule has 0 saturated carbocycles. The van der Waals surface area contributed by atoms with Crippen LogP contribution in [0.4, 0.5) is 11.4 Å². The van der Waals surface area contributed by atoms with Crippen molar-refractivity contribution >= 4 is 17.0 Å². The molecule has 4 N–H and O–H groups in total. The first-order valence-corrected chi connectivity index (χ1v) is 5.33. The molecular weight excluding hydrogens is 212 g/mol. The van der Waals surface area contributed by atoms with E-state index in [0.717, 1.165) is 22.6 Å². The highest BCUT2D eigenvalue weighted by atomic mass is 15.0. The van der Waals surface area contributed by atoms with Crippen LogP contribution in [-0.2, 0) is 0 Å². The van der Waals surface area contributed by atoms with Gasteiger partial charge in [0.25, 0.3) is 0 Å². The van der Waals surface area contributed by atoms with Gasteiger partial charge < -0.3 is 15.9 Å². The van der Waals surface area contributed by atoms with Crippen molar-refractivity contribution in [1.29, 1.82) is 0 Å². The lowest BCUT2D eigenvalue weighted by molar-refractivity contribution is 1.19. The standard InChI is InChI=1S/C13H12N4/c14-10-5-3-9(4-6-10)12-8-17-7-1-2-11(15)13(17)16-12/h1-8H,14-15H2. The molecule has 4 nitrogen and oxygen atoms in total. The molecule has 3 aromatic rings. The fraction of sp³-hybridized carbons (Fsp3) is 0. The first kappa shape index (κ1) is 9.72. The van der Waals surface area contributed by atoms with Crippen molar-refractivity contribution < 1.29 is 0 Å². The average Bonchev–Trinajstić information content (AvgIpc) is 2.75. The molecule has 2 aromatic heterocycles. The fourth-order valence-electron chi connectivity index (χ4n) is 1.83. The highest BCUT2D eigenvalue weighted by Gasteiger charge is 2.05. The van der Waals surface area contributed by atoms with Gasteiger partial charge in [0.15, 0.2) is 5.65 Å². The molecule has 0 unspecified atom stereocenters. The number of fused-ring (bicyclic) bond motifs is 1. The third kappa shape index (κ3) is 1.59. The molecule has 0 spiro atoms. The van der Waals surface area contributed by atoms with E-state index >= 15 is 0 Å². The molecule has 0 aliphatic carbocycles. The Labute approximate surface area is 98.5 Å². The van der Waals surface area contributed by atoms with Crippen LogP contribution in [0.15, 0.2) is 48.8 Å². The van der Waals surface area contributed by atoms with Crippen molar-refractivity contribution in [3.05, 3.63) is 48.8 Å². The summed E-state index contributed by atoms with van der Waals surface area (Å²) in [6.45, 7) is 0. The maximum absolute atomic E-state index is 5.87. The van der Waals surface area contributed by atoms with Crippen LogP contribution in [0.2, 0.25) is 0 Å². The van der Waals surface area contributed by atoms with Crippen molar-refractivity contribution in [3.63, 3.8) is 0 Å². The smallest absolute Gasteiger partial charge is 0.160 e. The van der Waals surface area contributed by atoms with Gasteiger partial charge in [0.1, 0.15) is 0 Å². The summed E-state index contributed by atoms with van der Waals surface area (Å²) in [5.41, 5.74) is 15.6. The zero-order chi connectivity index (χ0) is 11.8. The lowest BCUT2D eigenvalue weighted by Gasteiger charge is -1.96. The maximum atomic E-state index is 5.87. The van der Waals surface area contributed by atoms with Crippen molar-refractivity contribution in [3.8, 4) is 11.3 Å². The van der Waals surface area contributed by atoms with Gasteiger partial charge in [0.05, 0.1) is 11.4 Å². The van der Waals surface area contributed by atoms with Crippen molar-refractivity contribution in [2.75, 3.05) is 11.5 Å². The van der Waals surface area contributed by atoms with Crippen LogP contribution >= 0.6 is 0 Å². The Hall–Kier alpha value is -2.49. The summed E-state index contributed by atoms with van der Waals surface area (Å²) in [7, 11) is 0. The number of anilines is 2. The third-order valence-corrected chi connectivity index (χ3v) is 2.72. The number of benzene rings is 1. The number of hydrogen-bond acceptors (Lipinski definition) is 3. The topological polar surface area (TPSA) is 69.3 Å². The van der Waals surface area contributed by atoms with E-state index in [2.05, 4.69) is 4.98 Å². The molecule has 0 radical (unpaired) electrons. The van der Waals surface area contributed by atoms with E-state index in [1.54, 1.807) is 0 Å². The zero-order valence-electron chi connectivity index (χ0n) is 9.17. The predicted molar refractivity (Wildman–Crippen MR) is 69.5 cm³/mol. The Balaban J connectivity index is 2.18. The fourth-order valence-corrected chi connectivity index (χ4v) is 1.83. The lowest BCUT2D eigenvalue weighted by Crippen LogP contribution is -1.90. The molecule has 17 heavy (non-hydrogen) atoms. The summed E-state index contributed by atoms with van der Waals surface area (Å²) < 4.78 is 1.92. The molecule has 0 atom stereocenters. The SMILES string of the molecule is Nc1ccc(-c2cn3cccc(N)c3n2)cc1. The quantitative estimate of drug-likeness (QED) is 0.622. The molecule has 2 heterocycles. The lowest BCUT2D eigenvalue weighted by atomic mass is 10.1. The zero-order valence-corrected chi connectivity index (χ0v) is 9.17. The number of rotatable bonds is 1. The molecule has 3 rings (SSSR count). The van der Waals surface area contributed by atoms with Crippen LogP contribution in [0, 0.1) is 0 Å². The Morgan fingerprint density at radius 1 is 1.00 bits per heavy atom. The van der Waals surface area contributed by atoms with Gasteiger partial charge in [-0.2, -0.15) is 0 Å². The molecule has 0 saturated heterocycles. The summed E-state index contributed by atoms with van der Waals surface area (Å²) in [6, 6.07) is 11.4. The molecule has 1 aromatic carbocycles. The molecule has 0 fully saturated rings. The summed E-state index contributed by atoms with van der Waals surface area (Å²) in [5, 5.41) is 0. The Morgan fingerprint density at radius 3 is 2.47 bits per heavy atom. The molecule has 4 heteroatoms. The van der Waals surface area contributed by atoms with E-state index in [0.29, 0.717) is 5.69 Å². The Kier molecular flexibility index (Phi) is 2.01. The highest BCUT2D eigenvalue weighted by Crippen LogP contribution is 2.22. The van der Waals surface area contributed by atoms with E-state index in [9.17, 15) is 0 Å². The van der Waals surface area contributed by atoms with Gasteiger partial charge in [0, 0.05) is 23.6 Å². The average molecular weight is 224 g/mol. The minimum Gasteiger partial charge on any atom is -0.399 e. The summed E-state index contributed by atoms with van der Waals surface area (Å²) in [5.74, 6) is 0. The van der Waals surface area contributed by atoms with Crippen LogP contribution in [0.3, 0.4) is 0 Å². The van der Waals surface area contributed by atoms with E-state index in [1.165, 1.54) is 0 Å². The minimum atomic E-state index is 0.675. The Morgan fingerprint density at radius 2 is 1.76 bits per heavy atom. The molecule has 0 aliphatic rings. The van der Waals surface area contributed by atoms with Gasteiger partial charge in [-0.3, -0.25) is 0 Å². The number of nitrogens with zero attached hydrogens (tertiary/aromatic N) is 2. The van der Waals surface area contributed by atoms with Gasteiger partial charge in [-0.25, -0.2) is 4.98 Å². The monoisotopic (exact) mass is 224 g/mol. The molecule has 84 valence electrons. The number of hydrogen-bond donors (Lipinski definition) is 2. The maximum Gasteiger partial charge on any atom is 0.160 e. The predicted octanol–water partition coefficient (Wildman–Crippen LogP) is 2.17. The van der Waals surface area contributed by atoms with Gasteiger partial charge >= 0.3 is 0 Å². The number of aromatic nitrogens is 2. The van der Waals surface area contributed by atoms with Crippen molar-refractivity contribution in [2.45, 2.75) is 0 Å².